The number of aromatic nitrogens is 2. The van der Waals surface area contributed by atoms with Gasteiger partial charge < -0.3 is 30.3 Å². The van der Waals surface area contributed by atoms with Gasteiger partial charge in [-0.3, -0.25) is 24.2 Å². The van der Waals surface area contributed by atoms with E-state index in [1.54, 1.807) is 74.9 Å². The Morgan fingerprint density at radius 1 is 0.638 bits per heavy atom. The normalized spacial score (nSPS) is 14.1. The minimum absolute atomic E-state index is 0.0189. The second-order valence-electron chi connectivity index (χ2n) is 12.9. The van der Waals surface area contributed by atoms with Crippen LogP contribution in [0.25, 0.3) is 0 Å². The number of rotatable bonds is 11. The number of ether oxygens (including phenoxy) is 2. The molecule has 4 heterocycles. The predicted molar refractivity (Wildman–Crippen MR) is 206 cm³/mol. The summed E-state index contributed by atoms with van der Waals surface area (Å²) >= 11 is 0. The molecular formula is C40H43F3N8O7. The number of morpholine rings is 2. The molecule has 3 N–H and O–H groups in total. The Kier molecular flexibility index (Phi) is 15.4. The molecule has 4 aromatic rings. The maximum Gasteiger partial charge on any atom is 0.471 e. The number of Topliss-reactive ketones (excluding diaryl/α,β-unsaturated/α-hetero) is 2. The average Bonchev–Trinajstić information content (AvgIpc) is 3.27. The van der Waals surface area contributed by atoms with Crippen molar-refractivity contribution in [1.29, 1.82) is 0 Å². The molecule has 2 saturated heterocycles. The van der Waals surface area contributed by atoms with Gasteiger partial charge in [0.25, 0.3) is 0 Å². The van der Waals surface area contributed by atoms with E-state index in [0.717, 1.165) is 5.56 Å². The van der Waals surface area contributed by atoms with Crippen LogP contribution >= 0.6 is 0 Å². The first-order chi connectivity index (χ1) is 27.9. The summed E-state index contributed by atoms with van der Waals surface area (Å²) in [7, 11) is 0. The van der Waals surface area contributed by atoms with E-state index in [0.29, 0.717) is 81.9 Å². The van der Waals surface area contributed by atoms with E-state index in [1.807, 2.05) is 30.3 Å². The second-order valence-corrected chi connectivity index (χ2v) is 12.9. The zero-order valence-corrected chi connectivity index (χ0v) is 31.5. The number of nitrogens with one attached hydrogen (secondary N) is 1. The lowest BCUT2D eigenvalue weighted by molar-refractivity contribution is -0.173. The van der Waals surface area contributed by atoms with Crippen molar-refractivity contribution < 1.29 is 46.6 Å². The Bertz CT molecular complexity index is 1980. The summed E-state index contributed by atoms with van der Waals surface area (Å²) in [5.74, 6) is -1.90. The van der Waals surface area contributed by atoms with Gasteiger partial charge in [0.1, 0.15) is 11.6 Å². The molecule has 2 aromatic carbocycles. The van der Waals surface area contributed by atoms with Crippen LogP contribution in [-0.2, 0) is 27.4 Å². The van der Waals surface area contributed by atoms with Gasteiger partial charge in [0.2, 0.25) is 0 Å². The van der Waals surface area contributed by atoms with E-state index in [-0.39, 0.29) is 36.5 Å². The Morgan fingerprint density at radius 3 is 1.41 bits per heavy atom. The van der Waals surface area contributed by atoms with Gasteiger partial charge in [-0.05, 0) is 35.4 Å². The van der Waals surface area contributed by atoms with Crippen molar-refractivity contribution in [3.8, 4) is 0 Å². The third kappa shape index (κ3) is 12.1. The Balaban J connectivity index is 0.000000226. The Labute approximate surface area is 332 Å². The number of ketones is 2. The van der Waals surface area contributed by atoms with Crippen LogP contribution in [0.1, 0.15) is 31.8 Å². The number of amides is 5. The zero-order chi connectivity index (χ0) is 41.5. The summed E-state index contributed by atoms with van der Waals surface area (Å²) in [6, 6.07) is 23.6. The topological polar surface area (TPSA) is 181 Å². The molecular weight excluding hydrogens is 761 g/mol. The van der Waals surface area contributed by atoms with Crippen LogP contribution in [0.4, 0.5) is 34.4 Å². The fourth-order valence-corrected chi connectivity index (χ4v) is 5.81. The fraction of sp³-hybridized carbons (Fsp3) is 0.325. The predicted octanol–water partition coefficient (Wildman–Crippen LogP) is 4.08. The van der Waals surface area contributed by atoms with Gasteiger partial charge in [0.05, 0.1) is 52.6 Å². The van der Waals surface area contributed by atoms with Crippen LogP contribution in [-0.4, -0.2) is 121 Å². The number of hydrogen-bond acceptors (Lipinski definition) is 10. The highest BCUT2D eigenvalue weighted by molar-refractivity contribution is 6.00. The minimum atomic E-state index is -5.05. The van der Waals surface area contributed by atoms with Gasteiger partial charge in [0.15, 0.2) is 11.6 Å². The van der Waals surface area contributed by atoms with E-state index < -0.39 is 24.4 Å². The smallest absolute Gasteiger partial charge is 0.378 e. The van der Waals surface area contributed by atoms with Crippen LogP contribution in [0, 0.1) is 0 Å². The molecule has 58 heavy (non-hydrogen) atoms. The standard InChI is InChI=1S/C21H21F3N4O4.C19H22N4O3/c22-21(23,24)19(30)26-13-17(29)16-6-4-15(5-7-16)14-28(18-3-1-2-8-25-18)20(31)27-9-11-32-12-10-27;20-13-17(24)16-6-4-15(5-7-16)14-23(18-3-1-2-8-21-18)19(25)22-9-11-26-12-10-22/h1-8H,9-14H2,(H,26,30);1-8H,9-14,20H2. The van der Waals surface area contributed by atoms with Crippen LogP contribution in [0.5, 0.6) is 0 Å². The summed E-state index contributed by atoms with van der Waals surface area (Å²) in [4.78, 5) is 75.9. The number of hydrogen-bond donors (Lipinski definition) is 2. The first kappa shape index (κ1) is 42.9. The summed E-state index contributed by atoms with van der Waals surface area (Å²) in [5, 5.41) is 1.55. The molecule has 15 nitrogen and oxygen atoms in total. The molecule has 0 aliphatic carbocycles. The molecule has 5 amide bonds. The molecule has 0 saturated carbocycles. The lowest BCUT2D eigenvalue weighted by atomic mass is 10.1. The lowest BCUT2D eigenvalue weighted by Gasteiger charge is -2.32. The average molecular weight is 805 g/mol. The van der Waals surface area contributed by atoms with E-state index in [2.05, 4.69) is 9.97 Å². The lowest BCUT2D eigenvalue weighted by Crippen LogP contribution is -2.48. The zero-order valence-electron chi connectivity index (χ0n) is 31.5. The monoisotopic (exact) mass is 804 g/mol. The summed E-state index contributed by atoms with van der Waals surface area (Å²) < 4.78 is 47.4. The number of benzene rings is 2. The second kappa shape index (κ2) is 20.8. The van der Waals surface area contributed by atoms with Crippen molar-refractivity contribution in [2.75, 3.05) is 75.5 Å². The van der Waals surface area contributed by atoms with E-state index in [4.69, 9.17) is 15.2 Å². The number of alkyl halides is 3. The van der Waals surface area contributed by atoms with Crippen molar-refractivity contribution in [2.24, 2.45) is 5.73 Å². The molecule has 6 rings (SSSR count). The number of carbonyl (C=O) groups is 5. The molecule has 0 atom stereocenters. The van der Waals surface area contributed by atoms with Crippen molar-refractivity contribution in [3.05, 3.63) is 120 Å². The van der Waals surface area contributed by atoms with Gasteiger partial charge in [-0.2, -0.15) is 13.2 Å². The molecule has 2 aliphatic rings. The summed E-state index contributed by atoms with van der Waals surface area (Å²) in [5.41, 5.74) is 7.70. The molecule has 0 unspecified atom stereocenters. The minimum Gasteiger partial charge on any atom is -0.378 e. The maximum absolute atomic E-state index is 13.1. The van der Waals surface area contributed by atoms with Gasteiger partial charge >= 0.3 is 24.1 Å². The third-order valence-corrected chi connectivity index (χ3v) is 8.96. The van der Waals surface area contributed by atoms with Gasteiger partial charge in [-0.25, -0.2) is 19.6 Å². The number of nitrogens with zero attached hydrogens (tertiary/aromatic N) is 6. The summed E-state index contributed by atoms with van der Waals surface area (Å²) in [6.07, 6.45) is -1.81. The molecule has 0 radical (unpaired) electrons. The van der Waals surface area contributed by atoms with Crippen molar-refractivity contribution in [1.82, 2.24) is 25.1 Å². The van der Waals surface area contributed by atoms with Crippen LogP contribution in [0.2, 0.25) is 0 Å². The molecule has 2 aromatic heterocycles. The van der Waals surface area contributed by atoms with Crippen molar-refractivity contribution in [2.45, 2.75) is 19.3 Å². The molecule has 0 bridgehead atoms. The highest BCUT2D eigenvalue weighted by atomic mass is 19.4. The number of anilines is 2. The Morgan fingerprint density at radius 2 is 1.05 bits per heavy atom. The largest absolute Gasteiger partial charge is 0.471 e. The number of carbonyl (C=O) groups excluding carboxylic acids is 5. The Hall–Kier alpha value is -6.24. The SMILES string of the molecule is NCC(=O)c1ccc(CN(C(=O)N2CCOCC2)c2ccccn2)cc1.O=C(CNC(=O)C(F)(F)F)c1ccc(CN(C(=O)N2CCOCC2)c2ccccn2)cc1. The molecule has 0 spiro atoms. The van der Waals surface area contributed by atoms with E-state index in [1.165, 1.54) is 17.0 Å². The van der Waals surface area contributed by atoms with Crippen molar-refractivity contribution >= 4 is 41.2 Å². The van der Waals surface area contributed by atoms with Gasteiger partial charge in [0, 0.05) is 49.7 Å². The van der Waals surface area contributed by atoms with Crippen LogP contribution < -0.4 is 20.9 Å². The van der Waals surface area contributed by atoms with Crippen LogP contribution in [0.3, 0.4) is 0 Å². The number of nitrogens with two attached hydrogens (primary N) is 1. The van der Waals surface area contributed by atoms with Gasteiger partial charge in [-0.1, -0.05) is 60.7 Å². The number of halogens is 3. The molecule has 18 heteroatoms. The first-order valence-corrected chi connectivity index (χ1v) is 18.3. The van der Waals surface area contributed by atoms with E-state index >= 15 is 0 Å². The summed E-state index contributed by atoms with van der Waals surface area (Å²) in [6.45, 7) is 3.76. The van der Waals surface area contributed by atoms with Gasteiger partial charge in [-0.15, -0.1) is 0 Å². The fourth-order valence-electron chi connectivity index (χ4n) is 5.81. The number of pyridine rings is 2. The molecule has 306 valence electrons. The third-order valence-electron chi connectivity index (χ3n) is 8.96. The molecule has 2 fully saturated rings. The molecule has 2 aliphatic heterocycles. The van der Waals surface area contributed by atoms with Crippen molar-refractivity contribution in [3.63, 3.8) is 0 Å². The highest BCUT2D eigenvalue weighted by Gasteiger charge is 2.38. The first-order valence-electron chi connectivity index (χ1n) is 18.3. The maximum atomic E-state index is 13.1. The van der Waals surface area contributed by atoms with Crippen LogP contribution in [0.15, 0.2) is 97.3 Å². The number of urea groups is 2. The quantitative estimate of drug-likeness (QED) is 0.210. The van der Waals surface area contributed by atoms with E-state index in [9.17, 15) is 37.1 Å². The highest BCUT2D eigenvalue weighted by Crippen LogP contribution is 2.20.